The van der Waals surface area contributed by atoms with Crippen LogP contribution in [0.25, 0.3) is 12.2 Å². The minimum absolute atomic E-state index is 0.0323. The summed E-state index contributed by atoms with van der Waals surface area (Å²) >= 11 is 1.26. The standard InChI is InChI=1S/C25H27NO4S/c1-5-29-20-13-18(11-12-19(20)30-16-17-9-7-6-8-10-17)14-21-24(28)26-23(31-21)15-22(27)25(2,3)4/h6-15H,5,16H2,1-4H3,(H,26,28)/b21-14-,23-15-. The number of aromatic amines is 1. The molecule has 3 rings (SSSR count). The van der Waals surface area contributed by atoms with Crippen LogP contribution in [0.4, 0.5) is 0 Å². The summed E-state index contributed by atoms with van der Waals surface area (Å²) in [5, 5.41) is 0. The number of hydrogen-bond donors (Lipinski definition) is 1. The zero-order chi connectivity index (χ0) is 22.4. The molecule has 2 aromatic carbocycles. The highest BCUT2D eigenvalue weighted by molar-refractivity contribution is 7.07. The van der Waals surface area contributed by atoms with Crippen LogP contribution < -0.4 is 24.2 Å². The lowest BCUT2D eigenvalue weighted by atomic mass is 9.91. The predicted molar refractivity (Wildman–Crippen MR) is 125 cm³/mol. The van der Waals surface area contributed by atoms with Crippen LogP contribution >= 0.6 is 11.3 Å². The van der Waals surface area contributed by atoms with Gasteiger partial charge in [-0.2, -0.15) is 0 Å². The van der Waals surface area contributed by atoms with Gasteiger partial charge in [-0.1, -0.05) is 57.2 Å². The number of hydrogen-bond acceptors (Lipinski definition) is 5. The number of rotatable bonds is 7. The Morgan fingerprint density at radius 2 is 1.81 bits per heavy atom. The van der Waals surface area contributed by atoms with Crippen molar-refractivity contribution in [1.29, 1.82) is 0 Å². The molecular formula is C25H27NO4S. The van der Waals surface area contributed by atoms with Crippen LogP contribution in [0.1, 0.15) is 38.8 Å². The molecule has 0 aliphatic carbocycles. The zero-order valence-electron chi connectivity index (χ0n) is 18.2. The molecular weight excluding hydrogens is 410 g/mol. The number of carbonyl (C=O) groups excluding carboxylic acids is 1. The Labute approximate surface area is 185 Å². The Hall–Kier alpha value is -3.12. The molecule has 0 fully saturated rings. The van der Waals surface area contributed by atoms with Crippen LogP contribution in [0.15, 0.2) is 53.3 Å². The first-order chi connectivity index (χ1) is 14.8. The van der Waals surface area contributed by atoms with Crippen LogP contribution in [0.5, 0.6) is 11.5 Å². The van der Waals surface area contributed by atoms with Gasteiger partial charge in [-0.3, -0.25) is 9.59 Å². The molecule has 1 aromatic heterocycles. The van der Waals surface area contributed by atoms with E-state index in [1.807, 2.05) is 76.2 Å². The average Bonchev–Trinajstić information content (AvgIpc) is 3.06. The molecule has 1 N–H and O–H groups in total. The number of ketones is 1. The Morgan fingerprint density at radius 1 is 1.06 bits per heavy atom. The third-order valence-electron chi connectivity index (χ3n) is 4.48. The van der Waals surface area contributed by atoms with E-state index in [9.17, 15) is 9.59 Å². The van der Waals surface area contributed by atoms with Gasteiger partial charge < -0.3 is 14.5 Å². The average molecular weight is 438 g/mol. The number of carbonyl (C=O) groups is 1. The third kappa shape index (κ3) is 6.18. The monoisotopic (exact) mass is 437 g/mol. The smallest absolute Gasteiger partial charge is 0.266 e. The molecule has 1 heterocycles. The van der Waals surface area contributed by atoms with Gasteiger partial charge in [-0.15, -0.1) is 11.3 Å². The fourth-order valence-corrected chi connectivity index (χ4v) is 3.63. The quantitative estimate of drug-likeness (QED) is 0.613. The molecule has 0 spiro atoms. The summed E-state index contributed by atoms with van der Waals surface area (Å²) < 4.78 is 12.8. The predicted octanol–water partition coefficient (Wildman–Crippen LogP) is 3.64. The highest BCUT2D eigenvalue weighted by Gasteiger charge is 2.18. The summed E-state index contributed by atoms with van der Waals surface area (Å²) in [7, 11) is 0. The SMILES string of the molecule is CCOc1cc(/C=c2\s/c(=C\C(=O)C(C)(C)C)[nH]c2=O)ccc1OCc1ccccc1. The van der Waals surface area contributed by atoms with Crippen molar-refractivity contribution in [2.45, 2.75) is 34.3 Å². The molecule has 0 saturated carbocycles. The number of H-pyrrole nitrogens is 1. The Bertz CT molecular complexity index is 1220. The van der Waals surface area contributed by atoms with Gasteiger partial charge >= 0.3 is 0 Å². The van der Waals surface area contributed by atoms with Crippen molar-refractivity contribution in [3.8, 4) is 11.5 Å². The molecule has 0 amide bonds. The number of thiazole rings is 1. The number of aromatic nitrogens is 1. The van der Waals surface area contributed by atoms with Crippen molar-refractivity contribution >= 4 is 29.3 Å². The summed E-state index contributed by atoms with van der Waals surface area (Å²) in [5.41, 5.74) is 1.17. The molecule has 0 unspecified atom stereocenters. The van der Waals surface area contributed by atoms with E-state index in [2.05, 4.69) is 4.98 Å². The van der Waals surface area contributed by atoms with E-state index < -0.39 is 5.41 Å². The van der Waals surface area contributed by atoms with E-state index in [0.717, 1.165) is 11.1 Å². The molecule has 0 radical (unpaired) electrons. The van der Waals surface area contributed by atoms with Gasteiger partial charge in [-0.25, -0.2) is 0 Å². The van der Waals surface area contributed by atoms with Crippen LogP contribution in [0.2, 0.25) is 0 Å². The van der Waals surface area contributed by atoms with Crippen molar-refractivity contribution in [1.82, 2.24) is 4.98 Å². The minimum atomic E-state index is -0.493. The largest absolute Gasteiger partial charge is 0.490 e. The van der Waals surface area contributed by atoms with Gasteiger partial charge in [0.25, 0.3) is 5.56 Å². The van der Waals surface area contributed by atoms with Gasteiger partial charge in [0.2, 0.25) is 0 Å². The van der Waals surface area contributed by atoms with E-state index in [4.69, 9.17) is 9.47 Å². The maximum atomic E-state index is 12.3. The molecule has 0 bridgehead atoms. The topological polar surface area (TPSA) is 68.4 Å². The lowest BCUT2D eigenvalue weighted by Gasteiger charge is -2.12. The van der Waals surface area contributed by atoms with Crippen molar-refractivity contribution < 1.29 is 14.3 Å². The number of Topliss-reactive ketones (excluding diaryl/α,β-unsaturated/α-hetero) is 1. The second kappa shape index (κ2) is 9.79. The Morgan fingerprint density at radius 3 is 2.48 bits per heavy atom. The summed E-state index contributed by atoms with van der Waals surface area (Å²) in [6, 6.07) is 15.5. The summed E-state index contributed by atoms with van der Waals surface area (Å²) in [5.74, 6) is 1.23. The first-order valence-electron chi connectivity index (χ1n) is 10.2. The lowest BCUT2D eigenvalue weighted by Crippen LogP contribution is -2.22. The maximum Gasteiger partial charge on any atom is 0.266 e. The molecule has 0 atom stereocenters. The molecule has 0 aliphatic rings. The van der Waals surface area contributed by atoms with Gasteiger partial charge in [0.1, 0.15) is 6.61 Å². The highest BCUT2D eigenvalue weighted by atomic mass is 32.1. The molecule has 0 aliphatic heterocycles. The zero-order valence-corrected chi connectivity index (χ0v) is 19.0. The van der Waals surface area contributed by atoms with Crippen LogP contribution in [0.3, 0.4) is 0 Å². The Kier molecular flexibility index (Phi) is 7.13. The van der Waals surface area contributed by atoms with Crippen molar-refractivity contribution in [3.63, 3.8) is 0 Å². The van der Waals surface area contributed by atoms with Crippen LogP contribution in [0, 0.1) is 5.41 Å². The first-order valence-corrected chi connectivity index (χ1v) is 11.0. The van der Waals surface area contributed by atoms with Crippen molar-refractivity contribution in [2.75, 3.05) is 6.61 Å². The fourth-order valence-electron chi connectivity index (χ4n) is 2.75. The third-order valence-corrected chi connectivity index (χ3v) is 5.45. The molecule has 3 aromatic rings. The lowest BCUT2D eigenvalue weighted by molar-refractivity contribution is -0.119. The van der Waals surface area contributed by atoms with E-state index in [1.165, 1.54) is 17.4 Å². The summed E-state index contributed by atoms with van der Waals surface area (Å²) in [6.45, 7) is 8.40. The van der Waals surface area contributed by atoms with Crippen LogP contribution in [-0.2, 0) is 11.4 Å². The molecule has 6 heteroatoms. The van der Waals surface area contributed by atoms with Gasteiger partial charge in [0, 0.05) is 11.5 Å². The van der Waals surface area contributed by atoms with Gasteiger partial charge in [0.15, 0.2) is 17.3 Å². The maximum absolute atomic E-state index is 12.3. The van der Waals surface area contributed by atoms with Crippen LogP contribution in [-0.4, -0.2) is 17.4 Å². The van der Waals surface area contributed by atoms with E-state index in [-0.39, 0.29) is 11.3 Å². The number of nitrogens with one attached hydrogen (secondary N) is 1. The minimum Gasteiger partial charge on any atom is -0.490 e. The fraction of sp³-hybridized carbons (Fsp3) is 0.280. The Balaban J connectivity index is 1.89. The molecule has 31 heavy (non-hydrogen) atoms. The van der Waals surface area contributed by atoms with Gasteiger partial charge in [-0.05, 0) is 36.3 Å². The summed E-state index contributed by atoms with van der Waals surface area (Å²) in [6.07, 6.45) is 3.28. The van der Waals surface area contributed by atoms with Crippen molar-refractivity contribution in [2.24, 2.45) is 5.41 Å². The first kappa shape index (κ1) is 22.6. The van der Waals surface area contributed by atoms with E-state index in [1.54, 1.807) is 6.08 Å². The van der Waals surface area contributed by atoms with E-state index >= 15 is 0 Å². The molecule has 0 saturated heterocycles. The molecule has 162 valence electrons. The molecule has 5 nitrogen and oxygen atoms in total. The number of benzene rings is 2. The van der Waals surface area contributed by atoms with Crippen molar-refractivity contribution in [3.05, 3.63) is 79.2 Å². The van der Waals surface area contributed by atoms with Gasteiger partial charge in [0.05, 0.1) is 15.8 Å². The summed E-state index contributed by atoms with van der Waals surface area (Å²) in [4.78, 5) is 27.3. The second-order valence-electron chi connectivity index (χ2n) is 8.10. The second-order valence-corrected chi connectivity index (χ2v) is 9.18. The number of ether oxygens (including phenoxy) is 2. The van der Waals surface area contributed by atoms with E-state index in [0.29, 0.717) is 33.9 Å². The normalized spacial score (nSPS) is 12.8. The highest BCUT2D eigenvalue weighted by Crippen LogP contribution is 2.29.